The highest BCUT2D eigenvalue weighted by Gasteiger charge is 2.34. The summed E-state index contributed by atoms with van der Waals surface area (Å²) in [4.78, 5) is 88.7. The molecule has 0 aromatic carbocycles. The summed E-state index contributed by atoms with van der Waals surface area (Å²) < 4.78 is 21.1. The Morgan fingerprint density at radius 2 is 0.968 bits per heavy atom. The van der Waals surface area contributed by atoms with Gasteiger partial charge in [-0.15, -0.1) is 0 Å². The van der Waals surface area contributed by atoms with E-state index in [0.717, 1.165) is 0 Å². The molecule has 0 bridgehead atoms. The lowest BCUT2D eigenvalue weighted by atomic mass is 9.95. The first kappa shape index (κ1) is 58.0. The molecular formula is C41H77N7O14. The average molecular weight is 892 g/mol. The maximum absolute atomic E-state index is 13.7. The van der Waals surface area contributed by atoms with Gasteiger partial charge in [0.05, 0.1) is 76.8 Å². The molecule has 7 atom stereocenters. The van der Waals surface area contributed by atoms with Crippen LogP contribution in [0.4, 0.5) is 0 Å². The first-order valence-corrected chi connectivity index (χ1v) is 21.4. The third-order valence-corrected chi connectivity index (χ3v) is 9.14. The first-order chi connectivity index (χ1) is 29.1. The molecule has 0 aliphatic heterocycles. The van der Waals surface area contributed by atoms with Crippen molar-refractivity contribution in [3.8, 4) is 0 Å². The Morgan fingerprint density at radius 3 is 1.47 bits per heavy atom. The lowest BCUT2D eigenvalue weighted by Gasteiger charge is -2.31. The van der Waals surface area contributed by atoms with Crippen LogP contribution >= 0.6 is 0 Å². The van der Waals surface area contributed by atoms with E-state index in [-0.39, 0.29) is 76.3 Å². The zero-order valence-electron chi connectivity index (χ0n) is 38.2. The minimum Gasteiger partial charge on any atom is -0.481 e. The molecule has 62 heavy (non-hydrogen) atoms. The fraction of sp³-hybridized carbons (Fsp3) is 0.829. The molecule has 0 rings (SSSR count). The molecule has 0 radical (unpaired) electrons. The van der Waals surface area contributed by atoms with Crippen LogP contribution in [-0.2, 0) is 52.5 Å². The third-order valence-electron chi connectivity index (χ3n) is 9.14. The maximum atomic E-state index is 13.7. The number of aliphatic carboxylic acids is 1. The van der Waals surface area contributed by atoms with E-state index in [0.29, 0.717) is 26.2 Å². The van der Waals surface area contributed by atoms with Crippen LogP contribution in [-0.4, -0.2) is 165 Å². The fourth-order valence-corrected chi connectivity index (χ4v) is 5.93. The van der Waals surface area contributed by atoms with Crippen molar-refractivity contribution in [2.45, 2.75) is 130 Å². The van der Waals surface area contributed by atoms with Gasteiger partial charge in [-0.3, -0.25) is 33.6 Å². The van der Waals surface area contributed by atoms with Crippen molar-refractivity contribution >= 4 is 41.4 Å². The van der Waals surface area contributed by atoms with Crippen LogP contribution in [0.2, 0.25) is 0 Å². The number of carboxylic acids is 1. The molecule has 0 aliphatic rings. The molecule has 0 saturated carbocycles. The third kappa shape index (κ3) is 27.2. The number of aliphatic hydroxyl groups is 2. The number of rotatable bonds is 35. The average Bonchev–Trinajstić information content (AvgIpc) is 3.16. The number of nitrogens with one attached hydrogen (secondary N) is 6. The van der Waals surface area contributed by atoms with Gasteiger partial charge in [0.15, 0.2) is 0 Å². The van der Waals surface area contributed by atoms with Crippen LogP contribution in [0.5, 0.6) is 0 Å². The number of carboxylic acid groups (broad SMARTS) is 1. The van der Waals surface area contributed by atoms with Crippen LogP contribution in [0.25, 0.3) is 0 Å². The number of amides is 6. The second-order valence-electron chi connectivity index (χ2n) is 16.7. The highest BCUT2D eigenvalue weighted by molar-refractivity contribution is 5.93. The van der Waals surface area contributed by atoms with Gasteiger partial charge < -0.3 is 71.9 Å². The highest BCUT2D eigenvalue weighted by Crippen LogP contribution is 2.15. The number of carbonyl (C=O) groups is 7. The standard InChI is InChI=1S/C41H77N7O14/c1-24(2)18-29(31(49)20-33(51)44-28(9)39(56)45-30(19-25(3)4)32(50)21-36(54)55)46-40(57)38(27(7)8)48-41(58)37(26(5)6)47-35(53)23-62-17-15-60-13-11-43-34(52)22-61-16-14-59-12-10-42/h24-32,37-38,49-50H,10-23,42H2,1-9H3,(H,43,52)(H,44,51)(H,45,56)(H,46,57)(H,47,53)(H,48,58)(H,54,55)/t28-,29-,30-,31-,32-,37-,38-/m0/s1. The van der Waals surface area contributed by atoms with Gasteiger partial charge in [0, 0.05) is 13.1 Å². The quantitative estimate of drug-likeness (QED) is 0.0326. The SMILES string of the molecule is CC(C)C[C@H](NC(=O)[C@H](C)NC(=O)C[C@H](O)[C@H](CC(C)C)NC(=O)[C@@H](NC(=O)[C@@H](NC(=O)COCCOCCNC(=O)COCCOCCN)C(C)C)C(C)C)[C@@H](O)CC(=O)O. The summed E-state index contributed by atoms with van der Waals surface area (Å²) in [5, 5.41) is 46.5. The van der Waals surface area contributed by atoms with Crippen molar-refractivity contribution in [1.82, 2.24) is 31.9 Å². The molecule has 0 heterocycles. The van der Waals surface area contributed by atoms with E-state index in [1.54, 1.807) is 27.7 Å². The van der Waals surface area contributed by atoms with Gasteiger partial charge in [-0.2, -0.15) is 0 Å². The van der Waals surface area contributed by atoms with Crippen LogP contribution in [0.15, 0.2) is 0 Å². The van der Waals surface area contributed by atoms with Crippen LogP contribution in [0, 0.1) is 23.7 Å². The number of carbonyl (C=O) groups excluding carboxylic acids is 6. The van der Waals surface area contributed by atoms with E-state index < -0.39 is 96.7 Å². The lowest BCUT2D eigenvalue weighted by Crippen LogP contribution is -2.59. The predicted molar refractivity (Wildman–Crippen MR) is 228 cm³/mol. The smallest absolute Gasteiger partial charge is 0.306 e. The molecule has 6 amide bonds. The predicted octanol–water partition coefficient (Wildman–Crippen LogP) is -1.44. The minimum absolute atomic E-state index is 0.0211. The molecule has 0 saturated heterocycles. The summed E-state index contributed by atoms with van der Waals surface area (Å²) in [6.45, 7) is 17.4. The molecule has 360 valence electrons. The second-order valence-corrected chi connectivity index (χ2v) is 16.7. The van der Waals surface area contributed by atoms with E-state index in [4.69, 9.17) is 29.8 Å². The van der Waals surface area contributed by atoms with E-state index >= 15 is 0 Å². The van der Waals surface area contributed by atoms with E-state index in [1.165, 1.54) is 6.92 Å². The monoisotopic (exact) mass is 892 g/mol. The Balaban J connectivity index is 5.16. The Labute approximate surface area is 366 Å². The molecule has 21 nitrogen and oxygen atoms in total. The largest absolute Gasteiger partial charge is 0.481 e. The first-order valence-electron chi connectivity index (χ1n) is 21.4. The highest BCUT2D eigenvalue weighted by atomic mass is 16.5. The lowest BCUT2D eigenvalue weighted by molar-refractivity contribution is -0.140. The van der Waals surface area contributed by atoms with E-state index in [1.807, 2.05) is 27.7 Å². The van der Waals surface area contributed by atoms with E-state index in [2.05, 4.69) is 31.9 Å². The van der Waals surface area contributed by atoms with Crippen molar-refractivity contribution in [1.29, 1.82) is 0 Å². The molecular weight excluding hydrogens is 814 g/mol. The second kappa shape index (κ2) is 32.7. The van der Waals surface area contributed by atoms with Gasteiger partial charge in [0.2, 0.25) is 35.4 Å². The Kier molecular flexibility index (Phi) is 30.6. The number of aliphatic hydroxyl groups excluding tert-OH is 2. The molecule has 0 spiro atoms. The van der Waals surface area contributed by atoms with Crippen LogP contribution in [0.3, 0.4) is 0 Å². The molecule has 0 aromatic rings. The topological polar surface area (TPSA) is 315 Å². The fourth-order valence-electron chi connectivity index (χ4n) is 5.93. The summed E-state index contributed by atoms with van der Waals surface area (Å²) >= 11 is 0. The van der Waals surface area contributed by atoms with Crippen LogP contribution in [0.1, 0.15) is 88.0 Å². The summed E-state index contributed by atoms with van der Waals surface area (Å²) in [7, 11) is 0. The summed E-state index contributed by atoms with van der Waals surface area (Å²) in [5.41, 5.74) is 5.32. The Morgan fingerprint density at radius 1 is 0.516 bits per heavy atom. The minimum atomic E-state index is -1.39. The summed E-state index contributed by atoms with van der Waals surface area (Å²) in [6, 6.07) is -5.00. The van der Waals surface area contributed by atoms with Gasteiger partial charge in [0.25, 0.3) is 0 Å². The normalized spacial score (nSPS) is 15.0. The number of hydrogen-bond donors (Lipinski definition) is 10. The zero-order valence-corrected chi connectivity index (χ0v) is 38.2. The Hall–Kier alpha value is -3.99. The van der Waals surface area contributed by atoms with Gasteiger partial charge in [-0.05, 0) is 43.4 Å². The van der Waals surface area contributed by atoms with Gasteiger partial charge in [-0.1, -0.05) is 55.4 Å². The number of hydrogen-bond acceptors (Lipinski definition) is 14. The zero-order chi connectivity index (χ0) is 47.4. The van der Waals surface area contributed by atoms with Crippen molar-refractivity contribution in [3.63, 3.8) is 0 Å². The number of ether oxygens (including phenoxy) is 4. The van der Waals surface area contributed by atoms with Crippen molar-refractivity contribution < 1.29 is 67.8 Å². The van der Waals surface area contributed by atoms with Gasteiger partial charge in [-0.25, -0.2) is 0 Å². The molecule has 0 aliphatic carbocycles. The summed E-state index contributed by atoms with van der Waals surface area (Å²) in [6.07, 6.45) is -3.23. The maximum Gasteiger partial charge on any atom is 0.306 e. The van der Waals surface area contributed by atoms with E-state index in [9.17, 15) is 43.8 Å². The molecule has 0 aromatic heterocycles. The Bertz CT molecular complexity index is 1350. The molecule has 21 heteroatoms. The molecule has 0 fully saturated rings. The van der Waals surface area contributed by atoms with Crippen LogP contribution < -0.4 is 37.6 Å². The van der Waals surface area contributed by atoms with Gasteiger partial charge >= 0.3 is 5.97 Å². The molecule has 11 N–H and O–H groups in total. The van der Waals surface area contributed by atoms with Crippen molar-refractivity contribution in [2.24, 2.45) is 29.4 Å². The molecule has 0 unspecified atom stereocenters. The van der Waals surface area contributed by atoms with Gasteiger partial charge in [0.1, 0.15) is 31.3 Å². The number of nitrogens with two attached hydrogens (primary N) is 1. The summed E-state index contributed by atoms with van der Waals surface area (Å²) in [5.74, 6) is -5.49. The van der Waals surface area contributed by atoms with Crippen molar-refractivity contribution in [3.05, 3.63) is 0 Å². The van der Waals surface area contributed by atoms with Crippen molar-refractivity contribution in [2.75, 3.05) is 65.9 Å².